The Morgan fingerprint density at radius 3 is 2.50 bits per heavy atom. The zero-order valence-corrected chi connectivity index (χ0v) is 16.3. The molecular formula is C20H24N2O3S. The Balaban J connectivity index is 1.89. The summed E-state index contributed by atoms with van der Waals surface area (Å²) in [7, 11) is 1.36. The van der Waals surface area contributed by atoms with Crippen molar-refractivity contribution in [1.29, 1.82) is 0 Å². The van der Waals surface area contributed by atoms with Crippen LogP contribution in [0.3, 0.4) is 0 Å². The van der Waals surface area contributed by atoms with Gasteiger partial charge in [0.25, 0.3) is 0 Å². The van der Waals surface area contributed by atoms with Crippen LogP contribution < -0.4 is 15.4 Å². The number of esters is 1. The summed E-state index contributed by atoms with van der Waals surface area (Å²) >= 11 is 5.36. The minimum atomic E-state index is -0.383. The highest BCUT2D eigenvalue weighted by molar-refractivity contribution is 7.80. The maximum atomic E-state index is 11.7. The Kier molecular flexibility index (Phi) is 6.97. The van der Waals surface area contributed by atoms with Gasteiger partial charge in [-0.1, -0.05) is 23.8 Å². The molecule has 5 nitrogen and oxygen atoms in total. The topological polar surface area (TPSA) is 59.6 Å². The molecule has 1 atom stereocenters. The fourth-order valence-corrected chi connectivity index (χ4v) is 2.59. The molecule has 0 spiro atoms. The molecule has 0 heterocycles. The van der Waals surface area contributed by atoms with E-state index in [0.717, 1.165) is 17.0 Å². The number of carbonyl (C=O) groups excluding carboxylic acids is 1. The molecule has 0 fully saturated rings. The Labute approximate surface area is 159 Å². The third kappa shape index (κ3) is 5.74. The molecule has 0 bridgehead atoms. The zero-order valence-electron chi connectivity index (χ0n) is 15.5. The van der Waals surface area contributed by atoms with Crippen molar-refractivity contribution < 1.29 is 14.3 Å². The fraction of sp³-hybridized carbons (Fsp3) is 0.300. The van der Waals surface area contributed by atoms with Crippen molar-refractivity contribution in [3.63, 3.8) is 0 Å². The van der Waals surface area contributed by atoms with Gasteiger partial charge < -0.3 is 20.1 Å². The highest BCUT2D eigenvalue weighted by Crippen LogP contribution is 2.17. The van der Waals surface area contributed by atoms with E-state index in [1.807, 2.05) is 51.1 Å². The van der Waals surface area contributed by atoms with Gasteiger partial charge in [-0.3, -0.25) is 0 Å². The molecule has 26 heavy (non-hydrogen) atoms. The second-order valence-corrected chi connectivity index (χ2v) is 6.55. The number of rotatable bonds is 6. The predicted molar refractivity (Wildman–Crippen MR) is 108 cm³/mol. The van der Waals surface area contributed by atoms with Crippen LogP contribution in [-0.4, -0.2) is 30.8 Å². The Morgan fingerprint density at radius 2 is 1.85 bits per heavy atom. The molecule has 0 aliphatic heterocycles. The molecule has 2 aromatic carbocycles. The van der Waals surface area contributed by atoms with Gasteiger partial charge in [0, 0.05) is 5.69 Å². The van der Waals surface area contributed by atoms with Gasteiger partial charge in [-0.25, -0.2) is 4.79 Å². The average Bonchev–Trinajstić information content (AvgIpc) is 2.62. The lowest BCUT2D eigenvalue weighted by Crippen LogP contribution is -2.39. The number of hydrogen-bond donors (Lipinski definition) is 2. The van der Waals surface area contributed by atoms with Crippen molar-refractivity contribution in [1.82, 2.24) is 5.32 Å². The van der Waals surface area contributed by atoms with Gasteiger partial charge in [-0.15, -0.1) is 0 Å². The SMILES string of the molecule is COC(=O)c1ccc(C)c(NC(=S)NC(C)COc2ccc(C)cc2)c1. The third-order valence-corrected chi connectivity index (χ3v) is 4.03. The van der Waals surface area contributed by atoms with Crippen LogP contribution in [0.15, 0.2) is 42.5 Å². The van der Waals surface area contributed by atoms with E-state index in [4.69, 9.17) is 21.7 Å². The number of thiocarbonyl (C=S) groups is 1. The molecule has 0 aromatic heterocycles. The Morgan fingerprint density at radius 1 is 1.15 bits per heavy atom. The first-order valence-corrected chi connectivity index (χ1v) is 8.76. The first kappa shape index (κ1) is 19.7. The van der Waals surface area contributed by atoms with Crippen molar-refractivity contribution in [3.05, 3.63) is 59.2 Å². The standard InChI is InChI=1S/C20H24N2O3S/c1-13-5-9-17(10-6-13)25-12-15(3)21-20(26)22-18-11-16(19(23)24-4)8-7-14(18)2/h5-11,15H,12H2,1-4H3,(H2,21,22,26). The summed E-state index contributed by atoms with van der Waals surface area (Å²) in [6, 6.07) is 13.2. The summed E-state index contributed by atoms with van der Waals surface area (Å²) < 4.78 is 10.5. The molecule has 0 saturated carbocycles. The van der Waals surface area contributed by atoms with Gasteiger partial charge in [0.15, 0.2) is 5.11 Å². The van der Waals surface area contributed by atoms with Gasteiger partial charge in [-0.05, 0) is 62.8 Å². The lowest BCUT2D eigenvalue weighted by atomic mass is 10.1. The molecule has 1 unspecified atom stereocenters. The van der Waals surface area contributed by atoms with Crippen molar-refractivity contribution in [3.8, 4) is 5.75 Å². The maximum Gasteiger partial charge on any atom is 0.337 e. The number of hydrogen-bond acceptors (Lipinski definition) is 4. The largest absolute Gasteiger partial charge is 0.491 e. The van der Waals surface area contributed by atoms with Gasteiger partial charge in [0.05, 0.1) is 18.7 Å². The number of benzene rings is 2. The van der Waals surface area contributed by atoms with E-state index in [0.29, 0.717) is 17.3 Å². The van der Waals surface area contributed by atoms with Crippen LogP contribution in [0.1, 0.15) is 28.4 Å². The minimum absolute atomic E-state index is 0.0143. The molecule has 6 heteroatoms. The van der Waals surface area contributed by atoms with E-state index >= 15 is 0 Å². The van der Waals surface area contributed by atoms with E-state index in [9.17, 15) is 4.79 Å². The van der Waals surface area contributed by atoms with Crippen LogP contribution >= 0.6 is 12.2 Å². The monoisotopic (exact) mass is 372 g/mol. The number of nitrogens with one attached hydrogen (secondary N) is 2. The average molecular weight is 372 g/mol. The molecule has 0 aliphatic carbocycles. The highest BCUT2D eigenvalue weighted by Gasteiger charge is 2.10. The summed E-state index contributed by atoms with van der Waals surface area (Å²) in [6.45, 7) is 6.44. The van der Waals surface area contributed by atoms with Crippen molar-refractivity contribution in [2.24, 2.45) is 0 Å². The number of ether oxygens (including phenoxy) is 2. The third-order valence-electron chi connectivity index (χ3n) is 3.81. The fourth-order valence-electron chi connectivity index (χ4n) is 2.28. The molecule has 2 rings (SSSR count). The molecular weight excluding hydrogens is 348 g/mol. The number of anilines is 1. The molecule has 0 radical (unpaired) electrons. The van der Waals surface area contributed by atoms with Crippen molar-refractivity contribution in [2.45, 2.75) is 26.8 Å². The first-order chi connectivity index (χ1) is 12.4. The smallest absolute Gasteiger partial charge is 0.337 e. The van der Waals surface area contributed by atoms with E-state index < -0.39 is 0 Å². The minimum Gasteiger partial charge on any atom is -0.491 e. The van der Waals surface area contributed by atoms with Crippen LogP contribution in [0.5, 0.6) is 5.75 Å². The number of aryl methyl sites for hydroxylation is 2. The van der Waals surface area contributed by atoms with Gasteiger partial charge in [0.1, 0.15) is 12.4 Å². The Hall–Kier alpha value is -2.60. The lowest BCUT2D eigenvalue weighted by Gasteiger charge is -2.19. The second-order valence-electron chi connectivity index (χ2n) is 6.14. The van der Waals surface area contributed by atoms with Gasteiger partial charge in [0.2, 0.25) is 0 Å². The van der Waals surface area contributed by atoms with Crippen LogP contribution in [0.4, 0.5) is 5.69 Å². The summed E-state index contributed by atoms with van der Waals surface area (Å²) in [6.07, 6.45) is 0. The van der Waals surface area contributed by atoms with E-state index in [1.165, 1.54) is 12.7 Å². The van der Waals surface area contributed by atoms with E-state index in [1.54, 1.807) is 12.1 Å². The molecule has 2 aromatic rings. The summed E-state index contributed by atoms with van der Waals surface area (Å²) in [4.78, 5) is 11.7. The second kappa shape index (κ2) is 9.20. The van der Waals surface area contributed by atoms with Crippen LogP contribution in [0, 0.1) is 13.8 Å². The number of methoxy groups -OCH3 is 1. The molecule has 138 valence electrons. The predicted octanol–water partition coefficient (Wildman–Crippen LogP) is 3.84. The van der Waals surface area contributed by atoms with E-state index in [-0.39, 0.29) is 12.0 Å². The molecule has 0 saturated heterocycles. The van der Waals surface area contributed by atoms with E-state index in [2.05, 4.69) is 10.6 Å². The Bertz CT molecular complexity index is 775. The normalized spacial score (nSPS) is 11.4. The summed E-state index contributed by atoms with van der Waals surface area (Å²) in [5.41, 5.74) is 3.40. The molecule has 2 N–H and O–H groups in total. The summed E-state index contributed by atoms with van der Waals surface area (Å²) in [5.74, 6) is 0.441. The van der Waals surface area contributed by atoms with Crippen LogP contribution in [0.2, 0.25) is 0 Å². The summed E-state index contributed by atoms with van der Waals surface area (Å²) in [5, 5.41) is 6.77. The molecule has 0 aliphatic rings. The maximum absolute atomic E-state index is 11.7. The van der Waals surface area contributed by atoms with Crippen molar-refractivity contribution in [2.75, 3.05) is 19.0 Å². The quantitative estimate of drug-likeness (QED) is 0.593. The lowest BCUT2D eigenvalue weighted by molar-refractivity contribution is 0.0601. The van der Waals surface area contributed by atoms with Gasteiger partial charge in [-0.2, -0.15) is 0 Å². The molecule has 0 amide bonds. The van der Waals surface area contributed by atoms with Crippen LogP contribution in [-0.2, 0) is 4.74 Å². The van der Waals surface area contributed by atoms with Crippen LogP contribution in [0.25, 0.3) is 0 Å². The zero-order chi connectivity index (χ0) is 19.1. The highest BCUT2D eigenvalue weighted by atomic mass is 32.1. The van der Waals surface area contributed by atoms with Gasteiger partial charge >= 0.3 is 5.97 Å². The number of carbonyl (C=O) groups is 1. The first-order valence-electron chi connectivity index (χ1n) is 8.35. The van der Waals surface area contributed by atoms with Crippen molar-refractivity contribution >= 4 is 29.0 Å².